The van der Waals surface area contributed by atoms with Gasteiger partial charge >= 0.3 is 15.1 Å². The van der Waals surface area contributed by atoms with Crippen LogP contribution in [0, 0.1) is 10.1 Å². The zero-order chi connectivity index (χ0) is 17.0. The second-order valence-electron chi connectivity index (χ2n) is 4.14. The lowest BCUT2D eigenvalue weighted by atomic mass is 10.2. The minimum atomic E-state index is -3.79. The highest BCUT2D eigenvalue weighted by atomic mass is 32.2. The van der Waals surface area contributed by atoms with E-state index in [4.69, 9.17) is 4.18 Å². The summed E-state index contributed by atoms with van der Waals surface area (Å²) in [5.41, 5.74) is -0.0256. The van der Waals surface area contributed by atoms with Crippen LogP contribution in [-0.4, -0.2) is 30.0 Å². The number of aromatic nitrogens is 1. The van der Waals surface area contributed by atoms with E-state index in [0.717, 1.165) is 6.20 Å². The number of para-hydroxylation sites is 1. The Labute approximate surface area is 135 Å². The average molecular weight is 357 g/mol. The fraction of sp³-hybridized carbons (Fsp3) is 0.167. The van der Waals surface area contributed by atoms with Crippen molar-refractivity contribution in [2.24, 2.45) is 0 Å². The fourth-order valence-electron chi connectivity index (χ4n) is 1.49. The van der Waals surface area contributed by atoms with Crippen LogP contribution < -0.4 is 9.50 Å². The smallest absolute Gasteiger partial charge is 0.345 e. The van der Waals surface area contributed by atoms with Gasteiger partial charge in [0.15, 0.2) is 10.9 Å². The van der Waals surface area contributed by atoms with Gasteiger partial charge < -0.3 is 4.18 Å². The minimum absolute atomic E-state index is 0.0230. The molecule has 0 saturated heterocycles. The van der Waals surface area contributed by atoms with Gasteiger partial charge in [0.1, 0.15) is 6.20 Å². The summed E-state index contributed by atoms with van der Waals surface area (Å²) in [5, 5.41) is 12.8. The van der Waals surface area contributed by atoms with Crippen LogP contribution in [0.4, 0.5) is 10.1 Å². The number of benzene rings is 1. The van der Waals surface area contributed by atoms with E-state index in [9.17, 15) is 23.3 Å². The van der Waals surface area contributed by atoms with Crippen molar-refractivity contribution in [2.45, 2.75) is 6.92 Å². The predicted octanol–water partition coefficient (Wildman–Crippen LogP) is 2.03. The van der Waals surface area contributed by atoms with Gasteiger partial charge in [0.2, 0.25) is 0 Å². The van der Waals surface area contributed by atoms with Crippen LogP contribution in [0.15, 0.2) is 30.5 Å². The van der Waals surface area contributed by atoms with E-state index in [1.54, 1.807) is 0 Å². The number of nitro groups is 1. The van der Waals surface area contributed by atoms with Crippen LogP contribution in [0.25, 0.3) is 0 Å². The van der Waals surface area contributed by atoms with Crippen LogP contribution in [0.3, 0.4) is 0 Å². The molecule has 1 aromatic carbocycles. The molecule has 0 unspecified atom stereocenters. The number of hydrogen-bond acceptors (Lipinski definition) is 8. The molecular weight excluding hydrogens is 346 g/mol. The van der Waals surface area contributed by atoms with Crippen molar-refractivity contribution < 1.29 is 22.3 Å². The van der Waals surface area contributed by atoms with E-state index in [1.165, 1.54) is 31.2 Å². The Morgan fingerprint density at radius 3 is 2.74 bits per heavy atom. The molecule has 1 aromatic heterocycles. The molecule has 0 bridgehead atoms. The maximum atomic E-state index is 12.2. The molecule has 0 fully saturated rings. The summed E-state index contributed by atoms with van der Waals surface area (Å²) >= 11 is 0.686. The molecule has 0 aliphatic rings. The number of rotatable bonds is 6. The van der Waals surface area contributed by atoms with E-state index in [0.29, 0.717) is 11.3 Å². The van der Waals surface area contributed by atoms with Gasteiger partial charge in [-0.05, 0) is 30.4 Å². The monoisotopic (exact) mass is 357 g/mol. The van der Waals surface area contributed by atoms with Gasteiger partial charge in [-0.15, -0.1) is 0 Å². The number of nitrogens with zero attached hydrogens (tertiary/aromatic N) is 2. The Balaban J connectivity index is 2.23. The fourth-order valence-corrected chi connectivity index (χ4v) is 2.66. The molecule has 1 amide bonds. The Morgan fingerprint density at radius 1 is 1.43 bits per heavy atom. The van der Waals surface area contributed by atoms with Gasteiger partial charge in [-0.1, -0.05) is 12.1 Å². The molecule has 1 N–H and O–H groups in total. The number of anilines is 1. The van der Waals surface area contributed by atoms with Crippen LogP contribution in [0.1, 0.15) is 17.3 Å². The molecule has 0 radical (unpaired) electrons. The summed E-state index contributed by atoms with van der Waals surface area (Å²) in [5.74, 6) is -1.06. The molecule has 11 heteroatoms. The molecule has 0 spiro atoms. The SMILES string of the molecule is CCS(=O)(=O)Oc1ccccc1C(=O)Nc1ncc([N+](=O)[O-])s1. The highest BCUT2D eigenvalue weighted by molar-refractivity contribution is 7.87. The first kappa shape index (κ1) is 16.8. The van der Waals surface area contributed by atoms with Gasteiger partial charge in [-0.3, -0.25) is 20.2 Å². The molecule has 2 rings (SSSR count). The lowest BCUT2D eigenvalue weighted by Gasteiger charge is -2.09. The summed E-state index contributed by atoms with van der Waals surface area (Å²) in [7, 11) is -3.79. The van der Waals surface area contributed by atoms with Crippen molar-refractivity contribution in [3.63, 3.8) is 0 Å². The Hall–Kier alpha value is -2.53. The average Bonchev–Trinajstić information content (AvgIpc) is 2.96. The quantitative estimate of drug-likeness (QED) is 0.476. The Bertz CT molecular complexity index is 846. The van der Waals surface area contributed by atoms with Crippen molar-refractivity contribution in [2.75, 3.05) is 11.1 Å². The van der Waals surface area contributed by atoms with Crippen molar-refractivity contribution in [1.29, 1.82) is 0 Å². The molecule has 23 heavy (non-hydrogen) atoms. The first-order chi connectivity index (χ1) is 10.8. The third-order valence-corrected chi connectivity index (χ3v) is 4.60. The number of hydrogen-bond donors (Lipinski definition) is 1. The maximum absolute atomic E-state index is 12.2. The standard InChI is InChI=1S/C12H11N3O6S2/c1-2-23(19,20)21-9-6-4-3-5-8(9)11(16)14-12-13-7-10(22-12)15(17)18/h3-7H,2H2,1H3,(H,13,14,16). The predicted molar refractivity (Wildman–Crippen MR) is 83.3 cm³/mol. The Morgan fingerprint density at radius 2 is 2.13 bits per heavy atom. The summed E-state index contributed by atoms with van der Waals surface area (Å²) in [4.78, 5) is 25.9. The number of thiazole rings is 1. The van der Waals surface area contributed by atoms with E-state index < -0.39 is 20.9 Å². The highest BCUT2D eigenvalue weighted by Gasteiger charge is 2.19. The van der Waals surface area contributed by atoms with Crippen molar-refractivity contribution >= 4 is 37.5 Å². The number of nitrogens with one attached hydrogen (secondary N) is 1. The molecule has 9 nitrogen and oxygen atoms in total. The van der Waals surface area contributed by atoms with Crippen molar-refractivity contribution in [3.8, 4) is 5.75 Å². The molecular formula is C12H11N3O6S2. The topological polar surface area (TPSA) is 128 Å². The second-order valence-corrected chi connectivity index (χ2v) is 7.01. The first-order valence-corrected chi connectivity index (χ1v) is 8.64. The third-order valence-electron chi connectivity index (χ3n) is 2.60. The number of carbonyl (C=O) groups is 1. The lowest BCUT2D eigenvalue weighted by Crippen LogP contribution is -2.17. The third kappa shape index (κ3) is 4.23. The summed E-state index contributed by atoms with van der Waals surface area (Å²) in [6.07, 6.45) is 1.02. The molecule has 2 aromatic rings. The van der Waals surface area contributed by atoms with E-state index >= 15 is 0 Å². The normalized spacial score (nSPS) is 11.0. The second kappa shape index (κ2) is 6.71. The van der Waals surface area contributed by atoms with E-state index in [1.807, 2.05) is 0 Å². The summed E-state index contributed by atoms with van der Waals surface area (Å²) in [6.45, 7) is 1.41. The van der Waals surface area contributed by atoms with Gasteiger partial charge in [-0.2, -0.15) is 8.42 Å². The molecule has 1 heterocycles. The van der Waals surface area contributed by atoms with Crippen LogP contribution in [0.2, 0.25) is 0 Å². The highest BCUT2D eigenvalue weighted by Crippen LogP contribution is 2.27. The zero-order valence-corrected chi connectivity index (χ0v) is 13.4. The summed E-state index contributed by atoms with van der Waals surface area (Å²) < 4.78 is 28.0. The molecule has 122 valence electrons. The van der Waals surface area contributed by atoms with Gasteiger partial charge in [-0.25, -0.2) is 4.98 Å². The minimum Gasteiger partial charge on any atom is -0.382 e. The van der Waals surface area contributed by atoms with Crippen LogP contribution in [-0.2, 0) is 10.1 Å². The van der Waals surface area contributed by atoms with Gasteiger partial charge in [0, 0.05) is 0 Å². The van der Waals surface area contributed by atoms with Crippen LogP contribution in [0.5, 0.6) is 5.75 Å². The zero-order valence-electron chi connectivity index (χ0n) is 11.8. The van der Waals surface area contributed by atoms with Gasteiger partial charge in [0.25, 0.3) is 5.91 Å². The van der Waals surface area contributed by atoms with E-state index in [2.05, 4.69) is 10.3 Å². The van der Waals surface area contributed by atoms with Crippen molar-refractivity contribution in [3.05, 3.63) is 46.1 Å². The molecule has 0 aliphatic heterocycles. The van der Waals surface area contributed by atoms with Crippen molar-refractivity contribution in [1.82, 2.24) is 4.98 Å². The maximum Gasteiger partial charge on any atom is 0.345 e. The first-order valence-electron chi connectivity index (χ1n) is 6.25. The molecule has 0 saturated carbocycles. The molecule has 0 atom stereocenters. The van der Waals surface area contributed by atoms with E-state index in [-0.39, 0.29) is 27.2 Å². The van der Waals surface area contributed by atoms with Gasteiger partial charge in [0.05, 0.1) is 16.2 Å². The lowest BCUT2D eigenvalue weighted by molar-refractivity contribution is -0.380. The number of carbonyl (C=O) groups excluding carboxylic acids is 1. The molecule has 0 aliphatic carbocycles. The van der Waals surface area contributed by atoms with Crippen LogP contribution >= 0.6 is 11.3 Å². The number of amides is 1. The largest absolute Gasteiger partial charge is 0.382 e. The summed E-state index contributed by atoms with van der Waals surface area (Å²) in [6, 6.07) is 5.76. The Kier molecular flexibility index (Phi) is 4.91.